The summed E-state index contributed by atoms with van der Waals surface area (Å²) in [6, 6.07) is 0. The van der Waals surface area contributed by atoms with E-state index >= 15 is 0 Å². The van der Waals surface area contributed by atoms with Crippen molar-refractivity contribution in [3.05, 3.63) is 0 Å². The highest BCUT2D eigenvalue weighted by molar-refractivity contribution is 7.94. The van der Waals surface area contributed by atoms with E-state index < -0.39 is 25.8 Å². The second-order valence-corrected chi connectivity index (χ2v) is 6.87. The lowest BCUT2D eigenvalue weighted by Gasteiger charge is -2.24. The molecular formula is C9H18O5S. The molecule has 6 heteroatoms. The second kappa shape index (κ2) is 4.94. The van der Waals surface area contributed by atoms with E-state index in [0.717, 1.165) is 0 Å². The molecule has 0 aromatic rings. The molecule has 0 aliphatic rings. The fourth-order valence-corrected chi connectivity index (χ4v) is 2.72. The molecule has 1 unspecified atom stereocenters. The van der Waals surface area contributed by atoms with E-state index in [-0.39, 0.29) is 0 Å². The molecule has 0 amide bonds. The zero-order chi connectivity index (χ0) is 12.3. The highest BCUT2D eigenvalue weighted by Crippen LogP contribution is 2.23. The first kappa shape index (κ1) is 14.4. The largest absolute Gasteiger partial charge is 0.480 e. The number of carboxylic acids is 1. The molecule has 0 rings (SSSR count). The quantitative estimate of drug-likeness (QED) is 0.736. The highest BCUT2D eigenvalue weighted by atomic mass is 32.2. The summed E-state index contributed by atoms with van der Waals surface area (Å²) in [7, 11) is -2.22. The molecule has 90 valence electrons. The minimum atomic E-state index is -3.69. The molecule has 0 aromatic carbocycles. The van der Waals surface area contributed by atoms with Crippen LogP contribution in [0.25, 0.3) is 0 Å². The lowest BCUT2D eigenvalue weighted by molar-refractivity contribution is -0.139. The van der Waals surface area contributed by atoms with Crippen LogP contribution in [0.2, 0.25) is 0 Å². The van der Waals surface area contributed by atoms with Crippen LogP contribution < -0.4 is 0 Å². The van der Waals surface area contributed by atoms with Gasteiger partial charge in [0.1, 0.15) is 0 Å². The van der Waals surface area contributed by atoms with E-state index in [9.17, 15) is 13.2 Å². The monoisotopic (exact) mass is 238 g/mol. The van der Waals surface area contributed by atoms with Crippen LogP contribution in [0.5, 0.6) is 0 Å². The third-order valence-corrected chi connectivity index (χ3v) is 5.38. The fourth-order valence-electron chi connectivity index (χ4n) is 1.06. The first-order valence-corrected chi connectivity index (χ1v) is 6.18. The van der Waals surface area contributed by atoms with E-state index in [4.69, 9.17) is 9.84 Å². The molecule has 0 fully saturated rings. The average molecular weight is 238 g/mol. The Balaban J connectivity index is 4.90. The summed E-state index contributed by atoms with van der Waals surface area (Å²) in [4.78, 5) is 10.8. The summed E-state index contributed by atoms with van der Waals surface area (Å²) in [5, 5.41) is 8.12. The number of ether oxygens (including phenoxy) is 1. The zero-order valence-electron chi connectivity index (χ0n) is 9.48. The van der Waals surface area contributed by atoms with E-state index in [1.54, 1.807) is 0 Å². The maximum Gasteiger partial charge on any atom is 0.324 e. The van der Waals surface area contributed by atoms with Gasteiger partial charge in [-0.2, -0.15) is 0 Å². The van der Waals surface area contributed by atoms with Crippen LogP contribution in [-0.2, 0) is 19.4 Å². The Hall–Kier alpha value is -0.620. The Bertz CT molecular complexity index is 317. The maximum absolute atomic E-state index is 11.9. The van der Waals surface area contributed by atoms with Crippen molar-refractivity contribution in [3.63, 3.8) is 0 Å². The Morgan fingerprint density at radius 2 is 1.93 bits per heavy atom. The molecule has 0 aliphatic heterocycles. The van der Waals surface area contributed by atoms with Crippen molar-refractivity contribution in [1.82, 2.24) is 0 Å². The summed E-state index contributed by atoms with van der Waals surface area (Å²) >= 11 is 0. The van der Waals surface area contributed by atoms with Crippen molar-refractivity contribution in [3.8, 4) is 0 Å². The minimum absolute atomic E-state index is 0.301. The Kier molecular flexibility index (Phi) is 4.73. The van der Waals surface area contributed by atoms with Crippen LogP contribution in [0.3, 0.4) is 0 Å². The topological polar surface area (TPSA) is 80.7 Å². The molecule has 0 saturated heterocycles. The minimum Gasteiger partial charge on any atom is -0.480 e. The SMILES string of the molecule is COCCC(C)S(=O)(=O)C(C)(C)C(=O)O. The van der Waals surface area contributed by atoms with Crippen molar-refractivity contribution in [2.45, 2.75) is 37.2 Å². The summed E-state index contributed by atoms with van der Waals surface area (Å²) < 4.78 is 26.7. The van der Waals surface area contributed by atoms with Gasteiger partial charge < -0.3 is 9.84 Å². The van der Waals surface area contributed by atoms with Crippen LogP contribution >= 0.6 is 0 Å². The predicted octanol–water partition coefficient (Wildman–Crippen LogP) is 0.689. The van der Waals surface area contributed by atoms with E-state index in [1.807, 2.05) is 0 Å². The lowest BCUT2D eigenvalue weighted by atomic mass is 10.2. The molecule has 0 radical (unpaired) electrons. The van der Waals surface area contributed by atoms with Crippen molar-refractivity contribution in [1.29, 1.82) is 0 Å². The maximum atomic E-state index is 11.9. The molecule has 1 atom stereocenters. The first-order chi connectivity index (χ1) is 6.67. The highest BCUT2D eigenvalue weighted by Gasteiger charge is 2.44. The van der Waals surface area contributed by atoms with Crippen molar-refractivity contribution in [2.75, 3.05) is 13.7 Å². The number of carboxylic acid groups (broad SMARTS) is 1. The average Bonchev–Trinajstić information content (AvgIpc) is 2.13. The van der Waals surface area contributed by atoms with Crippen molar-refractivity contribution in [2.24, 2.45) is 0 Å². The van der Waals surface area contributed by atoms with Gasteiger partial charge in [0.05, 0.1) is 5.25 Å². The Morgan fingerprint density at radius 1 is 1.47 bits per heavy atom. The van der Waals surface area contributed by atoms with Gasteiger partial charge in [-0.3, -0.25) is 4.79 Å². The second-order valence-electron chi connectivity index (χ2n) is 3.95. The summed E-state index contributed by atoms with van der Waals surface area (Å²) in [5.41, 5.74) is 0. The van der Waals surface area contributed by atoms with Gasteiger partial charge in [-0.25, -0.2) is 8.42 Å². The first-order valence-electron chi connectivity index (χ1n) is 4.63. The van der Waals surface area contributed by atoms with E-state index in [1.165, 1.54) is 27.9 Å². The number of methoxy groups -OCH3 is 1. The molecule has 1 N–H and O–H groups in total. The molecule has 0 heterocycles. The number of rotatable bonds is 6. The molecule has 0 bridgehead atoms. The number of hydrogen-bond acceptors (Lipinski definition) is 4. The molecule has 0 aliphatic carbocycles. The fraction of sp³-hybridized carbons (Fsp3) is 0.889. The Labute approximate surface area is 90.4 Å². The van der Waals surface area contributed by atoms with Gasteiger partial charge >= 0.3 is 5.97 Å². The van der Waals surface area contributed by atoms with Gasteiger partial charge in [-0.15, -0.1) is 0 Å². The van der Waals surface area contributed by atoms with E-state index in [0.29, 0.717) is 13.0 Å². The molecule has 0 aromatic heterocycles. The molecule has 5 nitrogen and oxygen atoms in total. The molecular weight excluding hydrogens is 220 g/mol. The van der Waals surface area contributed by atoms with Crippen LogP contribution in [0, 0.1) is 0 Å². The lowest BCUT2D eigenvalue weighted by Crippen LogP contribution is -2.45. The van der Waals surface area contributed by atoms with Gasteiger partial charge in [0.2, 0.25) is 0 Å². The van der Waals surface area contributed by atoms with Crippen LogP contribution in [0.1, 0.15) is 27.2 Å². The van der Waals surface area contributed by atoms with Gasteiger partial charge in [0.25, 0.3) is 0 Å². The normalized spacial score (nSPS) is 14.9. The van der Waals surface area contributed by atoms with Gasteiger partial charge in [-0.1, -0.05) is 0 Å². The molecule has 15 heavy (non-hydrogen) atoms. The molecule has 0 spiro atoms. The van der Waals surface area contributed by atoms with Gasteiger partial charge in [0, 0.05) is 13.7 Å². The van der Waals surface area contributed by atoms with Gasteiger partial charge in [-0.05, 0) is 27.2 Å². The third kappa shape index (κ3) is 2.92. The summed E-state index contributed by atoms with van der Waals surface area (Å²) in [6.45, 7) is 4.21. The third-order valence-electron chi connectivity index (χ3n) is 2.48. The van der Waals surface area contributed by atoms with Crippen LogP contribution in [0.15, 0.2) is 0 Å². The van der Waals surface area contributed by atoms with Crippen LogP contribution in [0.4, 0.5) is 0 Å². The smallest absolute Gasteiger partial charge is 0.324 e. The Morgan fingerprint density at radius 3 is 2.27 bits per heavy atom. The standard InChI is InChI=1S/C9H18O5S/c1-7(5-6-14-4)15(12,13)9(2,3)8(10)11/h7H,5-6H2,1-4H3,(H,10,11). The number of hydrogen-bond donors (Lipinski definition) is 1. The zero-order valence-corrected chi connectivity index (χ0v) is 10.3. The van der Waals surface area contributed by atoms with E-state index in [2.05, 4.69) is 0 Å². The van der Waals surface area contributed by atoms with Gasteiger partial charge in [0.15, 0.2) is 14.6 Å². The number of carbonyl (C=O) groups is 1. The molecule has 0 saturated carbocycles. The van der Waals surface area contributed by atoms with Crippen molar-refractivity contribution < 1.29 is 23.1 Å². The predicted molar refractivity (Wildman–Crippen MR) is 56.6 cm³/mol. The number of aliphatic carboxylic acids is 1. The summed E-state index contributed by atoms with van der Waals surface area (Å²) in [5.74, 6) is -1.33. The van der Waals surface area contributed by atoms with Crippen LogP contribution in [-0.4, -0.2) is 43.2 Å². The number of sulfone groups is 1. The van der Waals surface area contributed by atoms with Crippen molar-refractivity contribution >= 4 is 15.8 Å². The summed E-state index contributed by atoms with van der Waals surface area (Å²) in [6.07, 6.45) is 0.301.